The van der Waals surface area contributed by atoms with Gasteiger partial charge in [0.1, 0.15) is 0 Å². The first-order valence-corrected chi connectivity index (χ1v) is 6.53. The van der Waals surface area contributed by atoms with E-state index in [0.29, 0.717) is 12.1 Å². The molecule has 1 aliphatic heterocycles. The van der Waals surface area contributed by atoms with Crippen molar-refractivity contribution in [2.24, 2.45) is 17.1 Å². The molecule has 0 aromatic carbocycles. The Morgan fingerprint density at radius 1 is 0.800 bits per heavy atom. The molecule has 4 atom stereocenters. The van der Waals surface area contributed by atoms with Crippen LogP contribution in [0.25, 0.3) is 0 Å². The molecule has 0 bridgehead atoms. The standard InChI is InChI=1S/C12H20N2O/c15-13-14-11-7-3-1-5-9(11)10-6-2-4-8-12(10)14/h9-12H,1-8H2/t9-,10-,11-,12-/m0/s1. The Morgan fingerprint density at radius 2 is 1.27 bits per heavy atom. The van der Waals surface area contributed by atoms with Crippen LogP contribution in [0.4, 0.5) is 0 Å². The molecule has 0 N–H and O–H groups in total. The van der Waals surface area contributed by atoms with Crippen LogP contribution in [0.2, 0.25) is 0 Å². The van der Waals surface area contributed by atoms with Crippen molar-refractivity contribution in [1.82, 2.24) is 5.01 Å². The zero-order valence-corrected chi connectivity index (χ0v) is 9.27. The SMILES string of the molecule is O=NN1[C@H]2CCCC[C@H]2[C@@H]2CCCC[C@@H]21. The monoisotopic (exact) mass is 208 g/mol. The lowest BCUT2D eigenvalue weighted by Gasteiger charge is -2.29. The minimum Gasteiger partial charge on any atom is -0.254 e. The van der Waals surface area contributed by atoms with Crippen molar-refractivity contribution in [2.45, 2.75) is 63.5 Å². The van der Waals surface area contributed by atoms with E-state index in [4.69, 9.17) is 0 Å². The van der Waals surface area contributed by atoms with Crippen molar-refractivity contribution in [2.75, 3.05) is 0 Å². The predicted molar refractivity (Wildman–Crippen MR) is 59.1 cm³/mol. The average molecular weight is 208 g/mol. The third-order valence-corrected chi connectivity index (χ3v) is 4.89. The van der Waals surface area contributed by atoms with Gasteiger partial charge >= 0.3 is 0 Å². The molecule has 0 amide bonds. The van der Waals surface area contributed by atoms with Gasteiger partial charge in [-0.15, -0.1) is 4.91 Å². The van der Waals surface area contributed by atoms with Crippen molar-refractivity contribution < 1.29 is 0 Å². The molecule has 84 valence electrons. The van der Waals surface area contributed by atoms with Gasteiger partial charge in [-0.3, -0.25) is 5.01 Å². The Balaban J connectivity index is 1.86. The molecule has 1 saturated heterocycles. The molecule has 0 aromatic rings. The Bertz CT molecular complexity index is 234. The molecule has 1 heterocycles. The maximum absolute atomic E-state index is 11.0. The molecule has 3 fully saturated rings. The lowest BCUT2D eigenvalue weighted by atomic mass is 9.73. The Morgan fingerprint density at radius 3 is 1.73 bits per heavy atom. The molecule has 0 aromatic heterocycles. The van der Waals surface area contributed by atoms with Crippen LogP contribution in [0.3, 0.4) is 0 Å². The zero-order chi connectivity index (χ0) is 10.3. The van der Waals surface area contributed by atoms with E-state index in [1.807, 2.05) is 5.01 Å². The Kier molecular flexibility index (Phi) is 2.41. The van der Waals surface area contributed by atoms with E-state index in [1.165, 1.54) is 51.4 Å². The summed E-state index contributed by atoms with van der Waals surface area (Å²) in [6.45, 7) is 0. The van der Waals surface area contributed by atoms with Gasteiger partial charge in [-0.25, -0.2) is 0 Å². The first-order valence-electron chi connectivity index (χ1n) is 6.53. The highest BCUT2D eigenvalue weighted by Crippen LogP contribution is 2.49. The smallest absolute Gasteiger partial charge is 0.0537 e. The molecule has 15 heavy (non-hydrogen) atoms. The number of nitrogens with zero attached hydrogens (tertiary/aromatic N) is 2. The van der Waals surface area contributed by atoms with Gasteiger partial charge in [-0.2, -0.15) is 0 Å². The number of nitroso groups, excluding NO2 is 1. The van der Waals surface area contributed by atoms with Crippen LogP contribution < -0.4 is 0 Å². The summed E-state index contributed by atoms with van der Waals surface area (Å²) < 4.78 is 0. The predicted octanol–water partition coefficient (Wildman–Crippen LogP) is 3.10. The van der Waals surface area contributed by atoms with E-state index in [-0.39, 0.29) is 0 Å². The minimum absolute atomic E-state index is 0.504. The molecule has 3 rings (SSSR count). The summed E-state index contributed by atoms with van der Waals surface area (Å²) in [7, 11) is 0. The third kappa shape index (κ3) is 1.39. The molecule has 3 aliphatic rings. The quantitative estimate of drug-likeness (QED) is 0.620. The van der Waals surface area contributed by atoms with E-state index in [1.54, 1.807) is 0 Å². The largest absolute Gasteiger partial charge is 0.254 e. The van der Waals surface area contributed by atoms with Crippen LogP contribution in [-0.4, -0.2) is 17.1 Å². The fraction of sp³-hybridized carbons (Fsp3) is 1.00. The van der Waals surface area contributed by atoms with Crippen molar-refractivity contribution in [1.29, 1.82) is 0 Å². The van der Waals surface area contributed by atoms with Gasteiger partial charge in [0.05, 0.1) is 17.4 Å². The second-order valence-electron chi connectivity index (χ2n) is 5.49. The summed E-state index contributed by atoms with van der Waals surface area (Å²) in [5.74, 6) is 1.59. The first-order chi connectivity index (χ1) is 7.42. The third-order valence-electron chi connectivity index (χ3n) is 4.89. The van der Waals surface area contributed by atoms with Gasteiger partial charge in [-0.1, -0.05) is 25.7 Å². The van der Waals surface area contributed by atoms with E-state index < -0.39 is 0 Å². The summed E-state index contributed by atoms with van der Waals surface area (Å²) >= 11 is 0. The summed E-state index contributed by atoms with van der Waals surface area (Å²) in [5.41, 5.74) is 0. The van der Waals surface area contributed by atoms with E-state index in [0.717, 1.165) is 11.8 Å². The fourth-order valence-electron chi connectivity index (χ4n) is 4.30. The molecular formula is C12H20N2O. The highest BCUT2D eigenvalue weighted by molar-refractivity contribution is 5.01. The van der Waals surface area contributed by atoms with Crippen LogP contribution in [0.1, 0.15) is 51.4 Å². The van der Waals surface area contributed by atoms with Crippen molar-refractivity contribution in [3.05, 3.63) is 4.91 Å². The normalized spacial score (nSPS) is 44.7. The summed E-state index contributed by atoms with van der Waals surface area (Å²) in [6.07, 6.45) is 10.5. The van der Waals surface area contributed by atoms with Crippen LogP contribution in [0.5, 0.6) is 0 Å². The van der Waals surface area contributed by atoms with Gasteiger partial charge in [0.15, 0.2) is 0 Å². The number of hydrogen-bond donors (Lipinski definition) is 0. The van der Waals surface area contributed by atoms with Crippen LogP contribution >= 0.6 is 0 Å². The van der Waals surface area contributed by atoms with Crippen LogP contribution in [0.15, 0.2) is 5.29 Å². The number of fused-ring (bicyclic) bond motifs is 3. The first kappa shape index (κ1) is 9.61. The average Bonchev–Trinajstić information content (AvgIpc) is 2.63. The molecule has 3 nitrogen and oxygen atoms in total. The topological polar surface area (TPSA) is 32.7 Å². The van der Waals surface area contributed by atoms with E-state index in [2.05, 4.69) is 5.29 Å². The second kappa shape index (κ2) is 3.76. The lowest BCUT2D eigenvalue weighted by Crippen LogP contribution is -2.34. The molecule has 2 saturated carbocycles. The summed E-state index contributed by atoms with van der Waals surface area (Å²) in [5, 5.41) is 5.29. The molecule has 0 unspecified atom stereocenters. The van der Waals surface area contributed by atoms with Crippen molar-refractivity contribution in [3.8, 4) is 0 Å². The van der Waals surface area contributed by atoms with Crippen molar-refractivity contribution in [3.63, 3.8) is 0 Å². The highest BCUT2D eigenvalue weighted by Gasteiger charge is 2.50. The maximum Gasteiger partial charge on any atom is 0.0537 e. The van der Waals surface area contributed by atoms with E-state index >= 15 is 0 Å². The summed E-state index contributed by atoms with van der Waals surface area (Å²) in [6, 6.07) is 1.01. The van der Waals surface area contributed by atoms with Crippen molar-refractivity contribution >= 4 is 0 Å². The van der Waals surface area contributed by atoms with Gasteiger partial charge < -0.3 is 0 Å². The lowest BCUT2D eigenvalue weighted by molar-refractivity contribution is 0.142. The molecule has 0 spiro atoms. The van der Waals surface area contributed by atoms with Gasteiger partial charge in [0, 0.05) is 0 Å². The Hall–Kier alpha value is -0.600. The zero-order valence-electron chi connectivity index (χ0n) is 9.27. The van der Waals surface area contributed by atoms with Crippen LogP contribution in [0, 0.1) is 16.7 Å². The highest BCUT2D eigenvalue weighted by atomic mass is 16.3. The molecule has 2 aliphatic carbocycles. The van der Waals surface area contributed by atoms with Gasteiger partial charge in [0.2, 0.25) is 0 Å². The van der Waals surface area contributed by atoms with E-state index in [9.17, 15) is 4.91 Å². The molecule has 3 heteroatoms. The maximum atomic E-state index is 11.0. The van der Waals surface area contributed by atoms with Gasteiger partial charge in [-0.05, 0) is 37.5 Å². The summed E-state index contributed by atoms with van der Waals surface area (Å²) in [4.78, 5) is 11.0. The fourth-order valence-corrected chi connectivity index (χ4v) is 4.30. The van der Waals surface area contributed by atoms with Crippen LogP contribution in [-0.2, 0) is 0 Å². The Labute approximate surface area is 91.2 Å². The second-order valence-corrected chi connectivity index (χ2v) is 5.49. The minimum atomic E-state index is 0.504. The molecular weight excluding hydrogens is 188 g/mol. The molecule has 0 radical (unpaired) electrons. The number of hydrogen-bond acceptors (Lipinski definition) is 2. The van der Waals surface area contributed by atoms with Gasteiger partial charge in [0.25, 0.3) is 0 Å². The number of rotatable bonds is 1.